The number of hydrogen-bond acceptors (Lipinski definition) is 4. The Bertz CT molecular complexity index is 713. The number of piperidine rings is 1. The normalized spacial score (nSPS) is 14.6. The Morgan fingerprint density at radius 2 is 2.00 bits per heavy atom. The van der Waals surface area contributed by atoms with Crippen LogP contribution < -0.4 is 10.2 Å². The number of halogens is 1. The first-order valence-electron chi connectivity index (χ1n) is 7.79. The lowest BCUT2D eigenvalue weighted by atomic mass is 10.1. The van der Waals surface area contributed by atoms with E-state index < -0.39 is 0 Å². The molecular weight excluding hydrogens is 312 g/mol. The Morgan fingerprint density at radius 1 is 1.22 bits per heavy atom. The van der Waals surface area contributed by atoms with E-state index in [4.69, 9.17) is 11.6 Å². The molecule has 0 radical (unpaired) electrons. The van der Waals surface area contributed by atoms with Crippen molar-refractivity contribution in [3.05, 3.63) is 46.7 Å². The van der Waals surface area contributed by atoms with Crippen LogP contribution in [0.4, 0.5) is 11.6 Å². The highest BCUT2D eigenvalue weighted by Crippen LogP contribution is 2.21. The molecule has 2 aromatic rings. The minimum Gasteiger partial charge on any atom is -0.341 e. The molecule has 3 rings (SSSR count). The van der Waals surface area contributed by atoms with Gasteiger partial charge in [0.1, 0.15) is 5.69 Å². The van der Waals surface area contributed by atoms with Gasteiger partial charge in [-0.3, -0.25) is 4.79 Å². The standard InChI is InChI=1S/C17H19ClN4O/c1-12-5-6-13(18)11-15(12)20-16(23)14-7-8-19-17(21-14)22-9-3-2-4-10-22/h5-8,11H,2-4,9-10H2,1H3,(H,20,23). The average Bonchev–Trinajstić information content (AvgIpc) is 2.59. The molecule has 0 aliphatic carbocycles. The number of rotatable bonds is 3. The van der Waals surface area contributed by atoms with E-state index in [-0.39, 0.29) is 5.91 Å². The van der Waals surface area contributed by atoms with Crippen molar-refractivity contribution in [2.75, 3.05) is 23.3 Å². The molecule has 0 bridgehead atoms. The summed E-state index contributed by atoms with van der Waals surface area (Å²) in [6, 6.07) is 7.03. The third-order valence-corrected chi connectivity index (χ3v) is 4.20. The van der Waals surface area contributed by atoms with Crippen molar-refractivity contribution < 1.29 is 4.79 Å². The molecule has 1 fully saturated rings. The number of benzene rings is 1. The summed E-state index contributed by atoms with van der Waals surface area (Å²) in [5, 5.41) is 3.45. The molecule has 0 saturated carbocycles. The molecule has 0 unspecified atom stereocenters. The van der Waals surface area contributed by atoms with Crippen LogP contribution in [0.25, 0.3) is 0 Å². The van der Waals surface area contributed by atoms with Gasteiger partial charge in [0.05, 0.1) is 0 Å². The van der Waals surface area contributed by atoms with Crippen molar-refractivity contribution in [3.8, 4) is 0 Å². The smallest absolute Gasteiger partial charge is 0.274 e. The minimum absolute atomic E-state index is 0.254. The molecule has 0 spiro atoms. The van der Waals surface area contributed by atoms with Gasteiger partial charge >= 0.3 is 0 Å². The predicted molar refractivity (Wildman–Crippen MR) is 92.2 cm³/mol. The fourth-order valence-corrected chi connectivity index (χ4v) is 2.81. The number of amides is 1. The summed E-state index contributed by atoms with van der Waals surface area (Å²) in [5.41, 5.74) is 2.01. The highest BCUT2D eigenvalue weighted by molar-refractivity contribution is 6.31. The van der Waals surface area contributed by atoms with Crippen molar-refractivity contribution in [1.82, 2.24) is 9.97 Å². The summed E-state index contributed by atoms with van der Waals surface area (Å²) in [6.07, 6.45) is 5.16. The van der Waals surface area contributed by atoms with Crippen LogP contribution >= 0.6 is 11.6 Å². The fourth-order valence-electron chi connectivity index (χ4n) is 2.64. The quantitative estimate of drug-likeness (QED) is 0.932. The van der Waals surface area contributed by atoms with E-state index in [1.165, 1.54) is 6.42 Å². The van der Waals surface area contributed by atoms with Crippen molar-refractivity contribution in [2.24, 2.45) is 0 Å². The Labute approximate surface area is 140 Å². The third-order valence-electron chi connectivity index (χ3n) is 3.96. The zero-order valence-electron chi connectivity index (χ0n) is 13.1. The Hall–Kier alpha value is -2.14. The number of carbonyl (C=O) groups excluding carboxylic acids is 1. The van der Waals surface area contributed by atoms with Crippen LogP contribution in [0.2, 0.25) is 5.02 Å². The largest absolute Gasteiger partial charge is 0.341 e. The highest BCUT2D eigenvalue weighted by atomic mass is 35.5. The first kappa shape index (κ1) is 15.7. The first-order chi connectivity index (χ1) is 11.1. The number of aryl methyl sites for hydroxylation is 1. The van der Waals surface area contributed by atoms with E-state index in [2.05, 4.69) is 20.2 Å². The zero-order valence-corrected chi connectivity index (χ0v) is 13.8. The average molecular weight is 331 g/mol. The molecule has 6 heteroatoms. The molecule has 1 amide bonds. The maximum absolute atomic E-state index is 12.4. The van der Waals surface area contributed by atoms with Crippen molar-refractivity contribution in [2.45, 2.75) is 26.2 Å². The number of hydrogen-bond donors (Lipinski definition) is 1. The van der Waals surface area contributed by atoms with Gasteiger partial charge in [0.2, 0.25) is 5.95 Å². The maximum atomic E-state index is 12.4. The van der Waals surface area contributed by atoms with E-state index >= 15 is 0 Å². The third kappa shape index (κ3) is 3.79. The van der Waals surface area contributed by atoms with E-state index in [1.54, 1.807) is 24.4 Å². The summed E-state index contributed by atoms with van der Waals surface area (Å²) >= 11 is 5.99. The summed E-state index contributed by atoms with van der Waals surface area (Å²) in [7, 11) is 0. The van der Waals surface area contributed by atoms with Gasteiger partial charge < -0.3 is 10.2 Å². The second-order valence-corrected chi connectivity index (χ2v) is 6.14. The van der Waals surface area contributed by atoms with E-state index in [0.717, 1.165) is 31.5 Å². The number of carbonyl (C=O) groups is 1. The Morgan fingerprint density at radius 3 is 2.78 bits per heavy atom. The van der Waals surface area contributed by atoms with Gasteiger partial charge in [-0.25, -0.2) is 9.97 Å². The van der Waals surface area contributed by atoms with Crippen LogP contribution in [0.1, 0.15) is 35.3 Å². The maximum Gasteiger partial charge on any atom is 0.274 e. The van der Waals surface area contributed by atoms with Crippen molar-refractivity contribution >= 4 is 29.1 Å². The Balaban J connectivity index is 1.78. The van der Waals surface area contributed by atoms with Crippen LogP contribution in [-0.2, 0) is 0 Å². The highest BCUT2D eigenvalue weighted by Gasteiger charge is 2.16. The summed E-state index contributed by atoms with van der Waals surface area (Å²) in [6.45, 7) is 3.81. The molecule has 1 aromatic carbocycles. The van der Waals surface area contributed by atoms with Gasteiger partial charge in [0.25, 0.3) is 5.91 Å². The lowest BCUT2D eigenvalue weighted by Crippen LogP contribution is -2.31. The second kappa shape index (κ2) is 6.96. The van der Waals surface area contributed by atoms with Crippen LogP contribution in [0.15, 0.2) is 30.5 Å². The monoisotopic (exact) mass is 330 g/mol. The van der Waals surface area contributed by atoms with Gasteiger partial charge in [0, 0.05) is 30.0 Å². The summed E-state index contributed by atoms with van der Waals surface area (Å²) in [4.78, 5) is 23.3. The molecule has 2 heterocycles. The molecule has 1 aliphatic rings. The van der Waals surface area contributed by atoms with Gasteiger partial charge in [-0.15, -0.1) is 0 Å². The minimum atomic E-state index is -0.254. The van der Waals surface area contributed by atoms with E-state index in [0.29, 0.717) is 22.4 Å². The van der Waals surface area contributed by atoms with Crippen molar-refractivity contribution in [3.63, 3.8) is 0 Å². The molecule has 0 atom stereocenters. The number of anilines is 2. The number of nitrogens with one attached hydrogen (secondary N) is 1. The molecule has 120 valence electrons. The molecule has 1 N–H and O–H groups in total. The lowest BCUT2D eigenvalue weighted by molar-refractivity contribution is 0.102. The van der Waals surface area contributed by atoms with E-state index in [9.17, 15) is 4.79 Å². The van der Waals surface area contributed by atoms with Gasteiger partial charge in [-0.05, 0) is 49.9 Å². The molecule has 23 heavy (non-hydrogen) atoms. The summed E-state index contributed by atoms with van der Waals surface area (Å²) in [5.74, 6) is 0.371. The van der Waals surface area contributed by atoms with Crippen LogP contribution in [0.5, 0.6) is 0 Å². The molecular formula is C17H19ClN4O. The fraction of sp³-hybridized carbons (Fsp3) is 0.353. The van der Waals surface area contributed by atoms with Gasteiger partial charge in [0.15, 0.2) is 0 Å². The SMILES string of the molecule is Cc1ccc(Cl)cc1NC(=O)c1ccnc(N2CCCCC2)n1. The van der Waals surface area contributed by atoms with Crippen LogP contribution in [-0.4, -0.2) is 29.0 Å². The van der Waals surface area contributed by atoms with Crippen LogP contribution in [0.3, 0.4) is 0 Å². The zero-order chi connectivity index (χ0) is 16.2. The molecule has 5 nitrogen and oxygen atoms in total. The predicted octanol–water partition coefficient (Wildman–Crippen LogP) is 3.68. The van der Waals surface area contributed by atoms with Gasteiger partial charge in [-0.2, -0.15) is 0 Å². The molecule has 1 aromatic heterocycles. The second-order valence-electron chi connectivity index (χ2n) is 5.70. The first-order valence-corrected chi connectivity index (χ1v) is 8.17. The molecule has 1 aliphatic heterocycles. The molecule has 1 saturated heterocycles. The topological polar surface area (TPSA) is 58.1 Å². The number of nitrogens with zero attached hydrogens (tertiary/aromatic N) is 3. The van der Waals surface area contributed by atoms with Crippen molar-refractivity contribution in [1.29, 1.82) is 0 Å². The van der Waals surface area contributed by atoms with E-state index in [1.807, 2.05) is 13.0 Å². The Kier molecular flexibility index (Phi) is 4.76. The number of aromatic nitrogens is 2. The lowest BCUT2D eigenvalue weighted by Gasteiger charge is -2.26. The van der Waals surface area contributed by atoms with Crippen LogP contribution in [0, 0.1) is 6.92 Å². The summed E-state index contributed by atoms with van der Waals surface area (Å²) < 4.78 is 0. The van der Waals surface area contributed by atoms with Gasteiger partial charge in [-0.1, -0.05) is 17.7 Å².